The maximum absolute atomic E-state index is 12.7. The zero-order chi connectivity index (χ0) is 26.5. The quantitative estimate of drug-likeness (QED) is 0.480. The highest BCUT2D eigenvalue weighted by molar-refractivity contribution is 7.91. The Hall–Kier alpha value is -3.07. The molecular weight excluding hydrogens is 492 g/mol. The lowest BCUT2D eigenvalue weighted by atomic mass is 9.85. The van der Waals surface area contributed by atoms with Gasteiger partial charge in [-0.15, -0.1) is 0 Å². The summed E-state index contributed by atoms with van der Waals surface area (Å²) in [7, 11) is -1.86. The largest absolute Gasteiger partial charge is 0.380 e. The highest BCUT2D eigenvalue weighted by Gasteiger charge is 2.34. The van der Waals surface area contributed by atoms with Gasteiger partial charge in [0.25, 0.3) is 0 Å². The molecule has 2 N–H and O–H groups in total. The Morgan fingerprint density at radius 2 is 1.94 bits per heavy atom. The Morgan fingerprint density at radius 1 is 1.25 bits per heavy atom. The van der Waals surface area contributed by atoms with E-state index in [1.807, 2.05) is 4.90 Å². The number of hydrogen-bond donors (Lipinski definition) is 1. The number of carbonyl (C=O) groups excluding carboxylic acids is 1. The average molecular weight is 522 g/mol. The van der Waals surface area contributed by atoms with Crippen LogP contribution in [0.25, 0.3) is 0 Å². The number of ether oxygens (including phenoxy) is 2. The van der Waals surface area contributed by atoms with Crippen molar-refractivity contribution in [2.75, 3.05) is 30.9 Å². The lowest BCUT2D eigenvalue weighted by Gasteiger charge is -2.28. The first-order valence-corrected chi connectivity index (χ1v) is 13.1. The summed E-state index contributed by atoms with van der Waals surface area (Å²) in [5.74, 6) is -1.30. The molecule has 36 heavy (non-hydrogen) atoms. The first kappa shape index (κ1) is 27.5. The van der Waals surface area contributed by atoms with E-state index in [-0.39, 0.29) is 41.4 Å². The van der Waals surface area contributed by atoms with E-state index in [1.54, 1.807) is 44.4 Å². The monoisotopic (exact) mass is 521 g/mol. The van der Waals surface area contributed by atoms with Gasteiger partial charge in [-0.1, -0.05) is 19.1 Å². The molecule has 2 aromatic rings. The second-order valence-corrected chi connectivity index (χ2v) is 10.8. The van der Waals surface area contributed by atoms with Crippen LogP contribution in [0.5, 0.6) is 0 Å². The predicted molar refractivity (Wildman–Crippen MR) is 130 cm³/mol. The molecule has 11 heteroatoms. The molecule has 0 bridgehead atoms. The molecule has 0 radical (unpaired) electrons. The lowest BCUT2D eigenvalue weighted by molar-refractivity contribution is -0.132. The number of nitriles is 1. The van der Waals surface area contributed by atoms with E-state index in [0.29, 0.717) is 29.8 Å². The summed E-state index contributed by atoms with van der Waals surface area (Å²) in [4.78, 5) is 14.3. The van der Waals surface area contributed by atoms with Crippen LogP contribution in [0.1, 0.15) is 47.2 Å². The van der Waals surface area contributed by atoms with Crippen molar-refractivity contribution < 1.29 is 31.5 Å². The third-order valence-electron chi connectivity index (χ3n) is 6.45. The third-order valence-corrected chi connectivity index (χ3v) is 8.20. The molecule has 1 aliphatic rings. The van der Waals surface area contributed by atoms with Crippen LogP contribution in [-0.2, 0) is 19.3 Å². The topological polar surface area (TPSA) is 123 Å². The molecule has 0 unspecified atom stereocenters. The van der Waals surface area contributed by atoms with Crippen LogP contribution < -0.4 is 10.6 Å². The number of halogens is 2. The van der Waals surface area contributed by atoms with Crippen molar-refractivity contribution in [1.82, 2.24) is 0 Å². The van der Waals surface area contributed by atoms with E-state index in [4.69, 9.17) is 10.5 Å². The number of amides is 1. The first-order valence-electron chi connectivity index (χ1n) is 11.4. The van der Waals surface area contributed by atoms with E-state index >= 15 is 0 Å². The van der Waals surface area contributed by atoms with Gasteiger partial charge < -0.3 is 20.1 Å². The Labute approximate surface area is 209 Å². The summed E-state index contributed by atoms with van der Waals surface area (Å²) in [6.45, 7) is -1.13. The van der Waals surface area contributed by atoms with Gasteiger partial charge in [-0.2, -0.15) is 14.0 Å². The van der Waals surface area contributed by atoms with Crippen LogP contribution in [0.15, 0.2) is 47.4 Å². The predicted octanol–water partition coefficient (Wildman–Crippen LogP) is 3.46. The van der Waals surface area contributed by atoms with Crippen molar-refractivity contribution in [2.24, 2.45) is 5.73 Å². The van der Waals surface area contributed by atoms with Gasteiger partial charge in [0.05, 0.1) is 35.5 Å². The van der Waals surface area contributed by atoms with Crippen molar-refractivity contribution in [2.45, 2.75) is 49.3 Å². The van der Waals surface area contributed by atoms with Crippen molar-refractivity contribution in [3.63, 3.8) is 0 Å². The minimum atomic E-state index is -3.41. The third kappa shape index (κ3) is 6.19. The molecule has 1 aliphatic heterocycles. The lowest BCUT2D eigenvalue weighted by Crippen LogP contribution is -2.34. The molecule has 1 saturated heterocycles. The molecule has 3 rings (SSSR count). The van der Waals surface area contributed by atoms with Crippen LogP contribution in [0.3, 0.4) is 0 Å². The van der Waals surface area contributed by atoms with E-state index in [1.165, 1.54) is 12.1 Å². The summed E-state index contributed by atoms with van der Waals surface area (Å²) in [5, 5.41) is 9.55. The molecule has 1 fully saturated rings. The standard InChI is InChI=1S/C25H29F2N3O5S/c1-3-36(32,33)20-7-4-16(5-8-20)21(10-11-28)23-13-17(6-9-22(23)24(29)31)30-14-19(34-2)12-18(30)15-35-25(26)27/h4-9,13,18-19,21,25H,3,10,12,14-15H2,1-2H3,(H2,29,31)/t18-,19-,21-/m0/s1. The van der Waals surface area contributed by atoms with Crippen LogP contribution in [0.2, 0.25) is 0 Å². The van der Waals surface area contributed by atoms with Gasteiger partial charge in [0.15, 0.2) is 9.84 Å². The van der Waals surface area contributed by atoms with E-state index < -0.39 is 28.3 Å². The fourth-order valence-electron chi connectivity index (χ4n) is 4.52. The molecular formula is C25H29F2N3O5S. The van der Waals surface area contributed by atoms with Crippen LogP contribution in [0, 0.1) is 11.3 Å². The second-order valence-electron chi connectivity index (χ2n) is 8.52. The smallest absolute Gasteiger partial charge is 0.345 e. The Bertz CT molecular complexity index is 1220. The van der Waals surface area contributed by atoms with Crippen LogP contribution >= 0.6 is 0 Å². The maximum atomic E-state index is 12.7. The fourth-order valence-corrected chi connectivity index (χ4v) is 5.40. The Morgan fingerprint density at radius 3 is 2.50 bits per heavy atom. The fraction of sp³-hybridized carbons (Fsp3) is 0.440. The zero-order valence-electron chi connectivity index (χ0n) is 20.1. The summed E-state index contributed by atoms with van der Waals surface area (Å²) < 4.78 is 59.8. The summed E-state index contributed by atoms with van der Waals surface area (Å²) in [5.41, 5.74) is 7.63. The number of carbonyl (C=O) groups is 1. The molecule has 0 saturated carbocycles. The number of nitrogens with two attached hydrogens (primary N) is 1. The SMILES string of the molecule is CCS(=O)(=O)c1ccc([C@H](CC#N)c2cc(N3C[C@@H](OC)C[C@H]3COC(F)F)ccc2C(N)=O)cc1. The molecule has 8 nitrogen and oxygen atoms in total. The van der Waals surface area contributed by atoms with Crippen molar-refractivity contribution >= 4 is 21.4 Å². The minimum Gasteiger partial charge on any atom is -0.380 e. The number of nitrogens with zero attached hydrogens (tertiary/aromatic N) is 2. The van der Waals surface area contributed by atoms with Gasteiger partial charge >= 0.3 is 6.61 Å². The number of primary amides is 1. The summed E-state index contributed by atoms with van der Waals surface area (Å²) in [6.07, 6.45) is 0.284. The highest BCUT2D eigenvalue weighted by Crippen LogP contribution is 2.36. The number of methoxy groups -OCH3 is 1. The number of hydrogen-bond acceptors (Lipinski definition) is 7. The number of sulfone groups is 1. The first-order chi connectivity index (χ1) is 17.1. The minimum absolute atomic E-state index is 0.00221. The van der Waals surface area contributed by atoms with E-state index in [9.17, 15) is 27.3 Å². The zero-order valence-corrected chi connectivity index (χ0v) is 20.9. The van der Waals surface area contributed by atoms with Crippen molar-refractivity contribution in [3.05, 3.63) is 59.2 Å². The molecule has 0 spiro atoms. The maximum Gasteiger partial charge on any atom is 0.345 e. The van der Waals surface area contributed by atoms with Gasteiger partial charge in [0.1, 0.15) is 0 Å². The number of alkyl halides is 2. The second kappa shape index (κ2) is 11.8. The number of rotatable bonds is 11. The molecule has 1 amide bonds. The van der Waals surface area contributed by atoms with Crippen LogP contribution in [0.4, 0.5) is 14.5 Å². The van der Waals surface area contributed by atoms with E-state index in [2.05, 4.69) is 10.8 Å². The molecule has 0 aliphatic carbocycles. The van der Waals surface area contributed by atoms with Gasteiger partial charge in [0.2, 0.25) is 5.91 Å². The molecule has 0 aromatic heterocycles. The average Bonchev–Trinajstić information content (AvgIpc) is 3.29. The molecule has 194 valence electrons. The van der Waals surface area contributed by atoms with Gasteiger partial charge in [0, 0.05) is 37.2 Å². The molecule has 2 aromatic carbocycles. The van der Waals surface area contributed by atoms with Gasteiger partial charge in [-0.05, 0) is 47.9 Å². The van der Waals surface area contributed by atoms with Crippen molar-refractivity contribution in [1.29, 1.82) is 5.26 Å². The number of benzene rings is 2. The summed E-state index contributed by atoms with van der Waals surface area (Å²) >= 11 is 0. The van der Waals surface area contributed by atoms with Crippen molar-refractivity contribution in [3.8, 4) is 6.07 Å². The Kier molecular flexibility index (Phi) is 9.00. The Balaban J connectivity index is 2.05. The summed E-state index contributed by atoms with van der Waals surface area (Å²) in [6, 6.07) is 12.9. The normalized spacial score (nSPS) is 18.8. The van der Waals surface area contributed by atoms with Gasteiger partial charge in [-0.3, -0.25) is 4.79 Å². The molecule has 3 atom stereocenters. The highest BCUT2D eigenvalue weighted by atomic mass is 32.2. The van der Waals surface area contributed by atoms with E-state index in [0.717, 1.165) is 0 Å². The number of anilines is 1. The molecule has 1 heterocycles. The van der Waals surface area contributed by atoms with Crippen LogP contribution in [-0.4, -0.2) is 59.1 Å². The van der Waals surface area contributed by atoms with Gasteiger partial charge in [-0.25, -0.2) is 8.42 Å².